The Balaban J connectivity index is 1.79. The van der Waals surface area contributed by atoms with Crippen molar-refractivity contribution in [1.29, 1.82) is 0 Å². The second-order valence-electron chi connectivity index (χ2n) is 5.38. The third kappa shape index (κ3) is 4.12. The van der Waals surface area contributed by atoms with Gasteiger partial charge in [-0.15, -0.1) is 0 Å². The molecule has 25 heavy (non-hydrogen) atoms. The first-order chi connectivity index (χ1) is 12.1. The Hall–Kier alpha value is -3.40. The molecule has 3 rings (SSSR count). The lowest BCUT2D eigenvalue weighted by molar-refractivity contribution is 0.0732. The zero-order chi connectivity index (χ0) is 17.6. The number of carbonyl (C=O) groups is 2. The van der Waals surface area contributed by atoms with Gasteiger partial charge in [-0.05, 0) is 55.5 Å². The Morgan fingerprint density at radius 2 is 1.36 bits per heavy atom. The molecular formula is C21H16O4. The summed E-state index contributed by atoms with van der Waals surface area (Å²) in [5, 5.41) is 0. The van der Waals surface area contributed by atoms with Crippen molar-refractivity contribution in [2.45, 2.75) is 6.92 Å². The quantitative estimate of drug-likeness (QED) is 0.379. The molecule has 0 N–H and O–H groups in total. The number of ketones is 1. The number of esters is 1. The molecule has 0 saturated heterocycles. The van der Waals surface area contributed by atoms with E-state index in [2.05, 4.69) is 0 Å². The van der Waals surface area contributed by atoms with Crippen LogP contribution in [0.5, 0.6) is 17.2 Å². The summed E-state index contributed by atoms with van der Waals surface area (Å²) in [6.07, 6.45) is 0. The number of rotatable bonds is 5. The number of hydrogen-bond acceptors (Lipinski definition) is 4. The first-order valence-electron chi connectivity index (χ1n) is 7.78. The van der Waals surface area contributed by atoms with E-state index in [1.807, 2.05) is 30.3 Å². The van der Waals surface area contributed by atoms with Gasteiger partial charge in [-0.1, -0.05) is 30.3 Å². The molecule has 0 aliphatic heterocycles. The van der Waals surface area contributed by atoms with Crippen LogP contribution in [0.4, 0.5) is 0 Å². The molecule has 0 aliphatic rings. The van der Waals surface area contributed by atoms with Gasteiger partial charge in [-0.2, -0.15) is 0 Å². The Kier molecular flexibility index (Phi) is 4.90. The van der Waals surface area contributed by atoms with Gasteiger partial charge in [0.05, 0.1) is 0 Å². The second-order valence-corrected chi connectivity index (χ2v) is 5.38. The second kappa shape index (κ2) is 7.45. The maximum absolute atomic E-state index is 12.5. The summed E-state index contributed by atoms with van der Waals surface area (Å²) in [5.41, 5.74) is 0.884. The Morgan fingerprint density at radius 3 is 2.04 bits per heavy atom. The SMILES string of the molecule is CC(=O)c1ccc(OC(=O)c2ccccc2Oc2ccccc2)cc1. The molecule has 0 aromatic heterocycles. The van der Waals surface area contributed by atoms with Gasteiger partial charge in [0.2, 0.25) is 0 Å². The van der Waals surface area contributed by atoms with Gasteiger partial charge >= 0.3 is 5.97 Å². The molecule has 3 aromatic carbocycles. The zero-order valence-electron chi connectivity index (χ0n) is 13.6. The molecule has 0 fully saturated rings. The molecule has 0 radical (unpaired) electrons. The lowest BCUT2D eigenvalue weighted by atomic mass is 10.1. The summed E-state index contributed by atoms with van der Waals surface area (Å²) < 4.78 is 11.2. The standard InChI is InChI=1S/C21H16O4/c1-15(22)16-11-13-18(14-12-16)25-21(23)19-9-5-6-10-20(19)24-17-7-3-2-4-8-17/h2-14H,1H3. The number of hydrogen-bond donors (Lipinski definition) is 0. The molecule has 0 aliphatic carbocycles. The molecule has 124 valence electrons. The number of para-hydroxylation sites is 2. The van der Waals surface area contributed by atoms with Crippen LogP contribution < -0.4 is 9.47 Å². The third-order valence-corrected chi connectivity index (χ3v) is 3.55. The predicted molar refractivity (Wildman–Crippen MR) is 94.4 cm³/mol. The highest BCUT2D eigenvalue weighted by Gasteiger charge is 2.15. The highest BCUT2D eigenvalue weighted by molar-refractivity contribution is 5.95. The van der Waals surface area contributed by atoms with Crippen molar-refractivity contribution in [3.05, 3.63) is 90.0 Å². The summed E-state index contributed by atoms with van der Waals surface area (Å²) in [6.45, 7) is 1.48. The molecule has 0 amide bonds. The first kappa shape index (κ1) is 16.5. The highest BCUT2D eigenvalue weighted by Crippen LogP contribution is 2.26. The minimum atomic E-state index is -0.526. The molecule has 0 atom stereocenters. The van der Waals surface area contributed by atoms with Gasteiger partial charge in [0, 0.05) is 5.56 Å². The molecule has 0 heterocycles. The van der Waals surface area contributed by atoms with Gasteiger partial charge in [0.25, 0.3) is 0 Å². The number of carbonyl (C=O) groups excluding carboxylic acids is 2. The van der Waals surface area contributed by atoms with Crippen molar-refractivity contribution < 1.29 is 19.1 Å². The Morgan fingerprint density at radius 1 is 0.720 bits per heavy atom. The van der Waals surface area contributed by atoms with Crippen LogP contribution in [0.3, 0.4) is 0 Å². The van der Waals surface area contributed by atoms with E-state index in [1.165, 1.54) is 6.92 Å². The third-order valence-electron chi connectivity index (χ3n) is 3.55. The van der Waals surface area contributed by atoms with E-state index in [0.29, 0.717) is 28.4 Å². The molecule has 0 spiro atoms. The minimum Gasteiger partial charge on any atom is -0.456 e. The Bertz CT molecular complexity index is 883. The van der Waals surface area contributed by atoms with Crippen LogP contribution in [-0.2, 0) is 0 Å². The minimum absolute atomic E-state index is 0.0421. The number of benzene rings is 3. The molecule has 0 saturated carbocycles. The topological polar surface area (TPSA) is 52.6 Å². The zero-order valence-corrected chi connectivity index (χ0v) is 13.6. The van der Waals surface area contributed by atoms with E-state index in [9.17, 15) is 9.59 Å². The average Bonchev–Trinajstić information content (AvgIpc) is 2.63. The van der Waals surface area contributed by atoms with E-state index < -0.39 is 5.97 Å². The smallest absolute Gasteiger partial charge is 0.347 e. The Labute approximate surface area is 145 Å². The first-order valence-corrected chi connectivity index (χ1v) is 7.78. The van der Waals surface area contributed by atoms with Gasteiger partial charge in [0.15, 0.2) is 5.78 Å². The van der Waals surface area contributed by atoms with E-state index >= 15 is 0 Å². The van der Waals surface area contributed by atoms with Crippen LogP contribution in [0.25, 0.3) is 0 Å². The van der Waals surface area contributed by atoms with Crippen molar-refractivity contribution in [2.75, 3.05) is 0 Å². The fourth-order valence-corrected chi connectivity index (χ4v) is 2.26. The van der Waals surface area contributed by atoms with E-state index in [0.717, 1.165) is 0 Å². The van der Waals surface area contributed by atoms with Gasteiger partial charge < -0.3 is 9.47 Å². The van der Waals surface area contributed by atoms with Gasteiger partial charge in [-0.3, -0.25) is 4.79 Å². The summed E-state index contributed by atoms with van der Waals surface area (Å²) in [7, 11) is 0. The van der Waals surface area contributed by atoms with Crippen molar-refractivity contribution >= 4 is 11.8 Å². The van der Waals surface area contributed by atoms with Crippen LogP contribution in [0.2, 0.25) is 0 Å². The molecular weight excluding hydrogens is 316 g/mol. The summed E-state index contributed by atoms with van der Waals surface area (Å²) in [4.78, 5) is 23.8. The fourth-order valence-electron chi connectivity index (χ4n) is 2.26. The van der Waals surface area contributed by atoms with Crippen molar-refractivity contribution in [1.82, 2.24) is 0 Å². The van der Waals surface area contributed by atoms with Crippen molar-refractivity contribution in [3.8, 4) is 17.2 Å². The van der Waals surface area contributed by atoms with Crippen LogP contribution in [0.15, 0.2) is 78.9 Å². The molecule has 3 aromatic rings. The normalized spacial score (nSPS) is 10.1. The van der Waals surface area contributed by atoms with Crippen molar-refractivity contribution in [3.63, 3.8) is 0 Å². The maximum atomic E-state index is 12.5. The van der Waals surface area contributed by atoms with Gasteiger partial charge in [0.1, 0.15) is 22.8 Å². The van der Waals surface area contributed by atoms with Crippen LogP contribution >= 0.6 is 0 Å². The van der Waals surface area contributed by atoms with E-state index in [4.69, 9.17) is 9.47 Å². The van der Waals surface area contributed by atoms with Crippen molar-refractivity contribution in [2.24, 2.45) is 0 Å². The highest BCUT2D eigenvalue weighted by atomic mass is 16.5. The summed E-state index contributed by atoms with van der Waals surface area (Å²) in [5.74, 6) is 0.846. The van der Waals surface area contributed by atoms with Crippen LogP contribution in [0.1, 0.15) is 27.6 Å². The predicted octanol–water partition coefficient (Wildman–Crippen LogP) is 4.90. The fraction of sp³-hybridized carbons (Fsp3) is 0.0476. The van der Waals surface area contributed by atoms with E-state index in [1.54, 1.807) is 48.5 Å². The lowest BCUT2D eigenvalue weighted by Crippen LogP contribution is -2.10. The van der Waals surface area contributed by atoms with Crippen LogP contribution in [-0.4, -0.2) is 11.8 Å². The molecule has 0 bridgehead atoms. The number of Topliss-reactive ketones (excluding diaryl/α,β-unsaturated/α-hetero) is 1. The maximum Gasteiger partial charge on any atom is 0.347 e. The molecule has 4 nitrogen and oxygen atoms in total. The summed E-state index contributed by atoms with van der Waals surface area (Å²) >= 11 is 0. The van der Waals surface area contributed by atoms with Crippen LogP contribution in [0, 0.1) is 0 Å². The average molecular weight is 332 g/mol. The summed E-state index contributed by atoms with van der Waals surface area (Å²) in [6, 6.07) is 22.5. The largest absolute Gasteiger partial charge is 0.456 e. The van der Waals surface area contributed by atoms with E-state index in [-0.39, 0.29) is 5.78 Å². The van der Waals surface area contributed by atoms with Gasteiger partial charge in [-0.25, -0.2) is 4.79 Å². The lowest BCUT2D eigenvalue weighted by Gasteiger charge is -2.11. The molecule has 0 unspecified atom stereocenters. The number of ether oxygens (including phenoxy) is 2. The monoisotopic (exact) mass is 332 g/mol. The molecule has 4 heteroatoms.